The molecule has 0 heterocycles. The van der Waals surface area contributed by atoms with Crippen molar-refractivity contribution in [1.82, 2.24) is 0 Å². The summed E-state index contributed by atoms with van der Waals surface area (Å²) in [4.78, 5) is 0. The molecule has 1 radical (unpaired) electrons. The van der Waals surface area contributed by atoms with E-state index in [0.29, 0.717) is 0 Å². The topological polar surface area (TPSA) is 18.5 Å². The molecule has 0 aliphatic carbocycles. The summed E-state index contributed by atoms with van der Waals surface area (Å²) in [5.41, 5.74) is 1.48. The molecule has 0 amide bonds. The molecule has 0 N–H and O–H groups in total. The van der Waals surface area contributed by atoms with Crippen molar-refractivity contribution < 1.29 is 8.85 Å². The van der Waals surface area contributed by atoms with Crippen molar-refractivity contribution in [2.24, 2.45) is 0 Å². The fraction of sp³-hybridized carbons (Fsp3) is 0.571. The van der Waals surface area contributed by atoms with E-state index in [1.807, 2.05) is 18.2 Å². The van der Waals surface area contributed by atoms with Gasteiger partial charge in [-0.05, 0) is 30.5 Å². The molecule has 1 aromatic rings. The van der Waals surface area contributed by atoms with E-state index in [9.17, 15) is 0 Å². The predicted octanol–water partition coefficient (Wildman–Crippen LogP) is 4.32. The summed E-state index contributed by atoms with van der Waals surface area (Å²) in [5.74, 6) is 0. The maximum absolute atomic E-state index is 6.03. The molecule has 1 rings (SSSR count). The van der Waals surface area contributed by atoms with Gasteiger partial charge in [0.1, 0.15) is 0 Å². The highest BCUT2D eigenvalue weighted by Gasteiger charge is 2.25. The molecule has 2 nitrogen and oxygen atoms in total. The molecule has 0 saturated carbocycles. The Balaban J connectivity index is 2.70. The third kappa shape index (κ3) is 5.10. The molecule has 0 aliphatic heterocycles. The van der Waals surface area contributed by atoms with Crippen molar-refractivity contribution in [3.05, 3.63) is 34.9 Å². The van der Waals surface area contributed by atoms with Crippen LogP contribution in [0.3, 0.4) is 0 Å². The summed E-state index contributed by atoms with van der Waals surface area (Å²) in [6, 6.07) is 7.96. The first-order chi connectivity index (χ1) is 8.69. The minimum absolute atomic E-state index is 0.284. The highest BCUT2D eigenvalue weighted by molar-refractivity contribution is 6.46. The van der Waals surface area contributed by atoms with Gasteiger partial charge in [0.15, 0.2) is 0 Å². The molecule has 0 spiro atoms. The van der Waals surface area contributed by atoms with E-state index in [4.69, 9.17) is 20.5 Å². The SMILES string of the molecule is CCCO[Si](OCCC)C(C)c1cccc(Cl)c1. The van der Waals surface area contributed by atoms with E-state index in [1.165, 1.54) is 5.56 Å². The van der Waals surface area contributed by atoms with Gasteiger partial charge in [0, 0.05) is 23.8 Å². The zero-order valence-electron chi connectivity index (χ0n) is 11.4. The summed E-state index contributed by atoms with van der Waals surface area (Å²) in [6.45, 7) is 7.92. The van der Waals surface area contributed by atoms with Gasteiger partial charge in [0.2, 0.25) is 0 Å². The minimum atomic E-state index is -1.28. The van der Waals surface area contributed by atoms with Gasteiger partial charge in [-0.15, -0.1) is 0 Å². The standard InChI is InChI=1S/C14H22ClO2Si/c1-4-9-16-18(17-10-5-2)12(3)13-7-6-8-14(15)11-13/h6-8,11-12H,4-5,9-10H2,1-3H3. The van der Waals surface area contributed by atoms with Crippen molar-refractivity contribution in [3.63, 3.8) is 0 Å². The average Bonchev–Trinajstić information content (AvgIpc) is 2.38. The lowest BCUT2D eigenvalue weighted by atomic mass is 10.2. The van der Waals surface area contributed by atoms with Crippen LogP contribution in [0.5, 0.6) is 0 Å². The van der Waals surface area contributed by atoms with E-state index >= 15 is 0 Å². The Labute approximate surface area is 117 Å². The first-order valence-electron chi connectivity index (χ1n) is 6.56. The number of hydrogen-bond donors (Lipinski definition) is 0. The van der Waals surface area contributed by atoms with Crippen LogP contribution in [0.1, 0.15) is 44.7 Å². The normalized spacial score (nSPS) is 12.9. The van der Waals surface area contributed by atoms with Crippen molar-refractivity contribution in [1.29, 1.82) is 0 Å². The number of halogens is 1. The third-order valence-corrected chi connectivity index (χ3v) is 4.85. The maximum Gasteiger partial charge on any atom is 0.392 e. The number of rotatable bonds is 8. The van der Waals surface area contributed by atoms with Crippen LogP contribution in [-0.4, -0.2) is 22.5 Å². The molecule has 1 atom stereocenters. The Hall–Kier alpha value is -0.353. The van der Waals surface area contributed by atoms with Gasteiger partial charge in [-0.25, -0.2) is 0 Å². The quantitative estimate of drug-likeness (QED) is 0.662. The van der Waals surface area contributed by atoms with Gasteiger partial charge >= 0.3 is 9.28 Å². The summed E-state index contributed by atoms with van der Waals surface area (Å²) >= 11 is 6.03. The Kier molecular flexibility index (Phi) is 7.59. The first kappa shape index (κ1) is 15.7. The fourth-order valence-electron chi connectivity index (χ4n) is 1.61. The second-order valence-corrected chi connectivity index (χ2v) is 6.81. The second-order valence-electron chi connectivity index (χ2n) is 4.29. The van der Waals surface area contributed by atoms with Crippen LogP contribution in [0.4, 0.5) is 0 Å². The monoisotopic (exact) mass is 285 g/mol. The zero-order valence-corrected chi connectivity index (χ0v) is 13.2. The van der Waals surface area contributed by atoms with Crippen LogP contribution >= 0.6 is 11.6 Å². The molecule has 18 heavy (non-hydrogen) atoms. The van der Waals surface area contributed by atoms with Crippen LogP contribution in [0, 0.1) is 0 Å². The molecule has 0 aliphatic rings. The van der Waals surface area contributed by atoms with Gasteiger partial charge in [-0.2, -0.15) is 0 Å². The van der Waals surface area contributed by atoms with E-state index in [-0.39, 0.29) is 5.54 Å². The zero-order chi connectivity index (χ0) is 13.4. The summed E-state index contributed by atoms with van der Waals surface area (Å²) in [5, 5.41) is 0.770. The molecular weight excluding hydrogens is 264 g/mol. The van der Waals surface area contributed by atoms with Gasteiger partial charge in [0.25, 0.3) is 0 Å². The van der Waals surface area contributed by atoms with Gasteiger partial charge in [-0.3, -0.25) is 0 Å². The van der Waals surface area contributed by atoms with Crippen LogP contribution in [0.15, 0.2) is 24.3 Å². The molecule has 4 heteroatoms. The lowest BCUT2D eigenvalue weighted by Gasteiger charge is -2.21. The highest BCUT2D eigenvalue weighted by atomic mass is 35.5. The highest BCUT2D eigenvalue weighted by Crippen LogP contribution is 2.23. The lowest BCUT2D eigenvalue weighted by molar-refractivity contribution is 0.190. The fourth-order valence-corrected chi connectivity index (χ4v) is 3.65. The lowest BCUT2D eigenvalue weighted by Crippen LogP contribution is -2.30. The van der Waals surface area contributed by atoms with Gasteiger partial charge < -0.3 is 8.85 Å². The van der Waals surface area contributed by atoms with Crippen molar-refractivity contribution in [2.75, 3.05) is 13.2 Å². The van der Waals surface area contributed by atoms with Crippen molar-refractivity contribution in [2.45, 2.75) is 39.2 Å². The molecule has 0 fully saturated rings. The summed E-state index contributed by atoms with van der Waals surface area (Å²) in [6.07, 6.45) is 2.04. The number of hydrogen-bond acceptors (Lipinski definition) is 2. The molecule has 0 aromatic heterocycles. The van der Waals surface area contributed by atoms with Crippen molar-refractivity contribution >= 4 is 20.9 Å². The maximum atomic E-state index is 6.03. The molecule has 101 valence electrons. The van der Waals surface area contributed by atoms with Crippen LogP contribution in [-0.2, 0) is 8.85 Å². The third-order valence-electron chi connectivity index (χ3n) is 2.60. The molecular formula is C14H22ClO2Si. The average molecular weight is 286 g/mol. The minimum Gasteiger partial charge on any atom is -0.393 e. The van der Waals surface area contributed by atoms with Crippen LogP contribution < -0.4 is 0 Å². The molecule has 0 bridgehead atoms. The molecule has 1 aromatic carbocycles. The Bertz CT molecular complexity index is 338. The predicted molar refractivity (Wildman–Crippen MR) is 78.1 cm³/mol. The Morgan fingerprint density at radius 1 is 1.17 bits per heavy atom. The summed E-state index contributed by atoms with van der Waals surface area (Å²) in [7, 11) is -1.28. The smallest absolute Gasteiger partial charge is 0.392 e. The van der Waals surface area contributed by atoms with Crippen LogP contribution in [0.25, 0.3) is 0 Å². The first-order valence-corrected chi connectivity index (χ1v) is 8.34. The van der Waals surface area contributed by atoms with Gasteiger partial charge in [-0.1, -0.05) is 44.5 Å². The summed E-state index contributed by atoms with van der Waals surface area (Å²) < 4.78 is 11.8. The second kappa shape index (κ2) is 8.70. The van der Waals surface area contributed by atoms with E-state index in [1.54, 1.807) is 0 Å². The van der Waals surface area contributed by atoms with E-state index < -0.39 is 9.28 Å². The Morgan fingerprint density at radius 2 is 1.78 bits per heavy atom. The van der Waals surface area contributed by atoms with E-state index in [2.05, 4.69) is 26.8 Å². The molecule has 0 saturated heterocycles. The Morgan fingerprint density at radius 3 is 2.28 bits per heavy atom. The van der Waals surface area contributed by atoms with Crippen molar-refractivity contribution in [3.8, 4) is 0 Å². The van der Waals surface area contributed by atoms with Crippen LogP contribution in [0.2, 0.25) is 5.02 Å². The number of benzene rings is 1. The molecule has 1 unspecified atom stereocenters. The largest absolute Gasteiger partial charge is 0.393 e. The van der Waals surface area contributed by atoms with Gasteiger partial charge in [0.05, 0.1) is 0 Å². The van der Waals surface area contributed by atoms with E-state index in [0.717, 1.165) is 31.1 Å².